The molecule has 176 valence electrons. The van der Waals surface area contributed by atoms with E-state index in [1.54, 1.807) is 18.2 Å². The van der Waals surface area contributed by atoms with Crippen molar-refractivity contribution in [3.8, 4) is 0 Å². The average Bonchev–Trinajstić information content (AvgIpc) is 3.24. The van der Waals surface area contributed by atoms with Crippen LogP contribution in [-0.4, -0.2) is 42.6 Å². The van der Waals surface area contributed by atoms with Gasteiger partial charge in [-0.2, -0.15) is 0 Å². The molecule has 0 aliphatic carbocycles. The molecule has 1 aliphatic heterocycles. The molecule has 1 aliphatic rings. The molecule has 0 fully saturated rings. The highest BCUT2D eigenvalue weighted by atomic mass is 16.2. The van der Waals surface area contributed by atoms with Crippen molar-refractivity contribution < 1.29 is 9.59 Å². The first kappa shape index (κ1) is 20.9. The monoisotopic (exact) mass is 475 g/mol. The third kappa shape index (κ3) is 2.53. The van der Waals surface area contributed by atoms with Gasteiger partial charge in [-0.05, 0) is 67.8 Å². The molecule has 0 saturated heterocycles. The Balaban J connectivity index is 1.60. The van der Waals surface area contributed by atoms with Crippen molar-refractivity contribution in [2.45, 2.75) is 33.6 Å². The van der Waals surface area contributed by atoms with E-state index in [4.69, 9.17) is 15.0 Å². The van der Waals surface area contributed by atoms with E-state index >= 15 is 0 Å². The van der Waals surface area contributed by atoms with Crippen LogP contribution in [0.5, 0.6) is 0 Å². The van der Waals surface area contributed by atoms with Gasteiger partial charge in [0.15, 0.2) is 16.9 Å². The summed E-state index contributed by atoms with van der Waals surface area (Å²) in [6.07, 6.45) is 1.61. The molecule has 4 heterocycles. The Morgan fingerprint density at radius 2 is 1.39 bits per heavy atom. The normalized spacial score (nSPS) is 13.9. The van der Waals surface area contributed by atoms with Crippen LogP contribution in [0.4, 0.5) is 0 Å². The number of hydrogen-bond acceptors (Lipinski definition) is 6. The number of imidazole rings is 1. The molecule has 0 N–H and O–H groups in total. The standard InChI is InChI=1S/C28H21N5O3/c1-4-5-10-32-26(34)16-7-6-15-21-18(9-8-17(22(16)21)27(32)35)28(36)33-24(15)31-23-25(33)30-20-12-14(3)13(2)11-19(20)29-23/h6-9,11-12H,4-5,10H2,1-3H3. The average molecular weight is 476 g/mol. The topological polar surface area (TPSA) is 97.5 Å². The zero-order valence-corrected chi connectivity index (χ0v) is 20.0. The molecule has 0 saturated carbocycles. The number of carbonyl (C=O) groups is 2. The first-order valence-electron chi connectivity index (χ1n) is 12.1. The molecular formula is C28H21N5O3. The quantitative estimate of drug-likeness (QED) is 0.349. The van der Waals surface area contributed by atoms with Crippen LogP contribution >= 0.6 is 0 Å². The number of fused-ring (bicyclic) bond motifs is 5. The number of nitrogens with zero attached hydrogens (tertiary/aromatic N) is 5. The summed E-state index contributed by atoms with van der Waals surface area (Å²) in [5, 5.41) is 2.22. The van der Waals surface area contributed by atoms with Crippen LogP contribution in [0, 0.1) is 13.8 Å². The lowest BCUT2D eigenvalue weighted by atomic mass is 9.90. The lowest BCUT2D eigenvalue weighted by Crippen LogP contribution is -2.41. The molecule has 6 aromatic rings. The zero-order valence-electron chi connectivity index (χ0n) is 20.0. The number of pyridine rings is 1. The van der Waals surface area contributed by atoms with Gasteiger partial charge in [0.2, 0.25) is 0 Å². The Hall–Kier alpha value is -4.46. The van der Waals surface area contributed by atoms with Gasteiger partial charge < -0.3 is 0 Å². The molecule has 8 nitrogen and oxygen atoms in total. The zero-order chi connectivity index (χ0) is 24.9. The van der Waals surface area contributed by atoms with Gasteiger partial charge in [0.05, 0.1) is 11.0 Å². The summed E-state index contributed by atoms with van der Waals surface area (Å²) in [5.41, 5.74) is 5.37. The Kier molecular flexibility index (Phi) is 4.08. The Bertz CT molecular complexity index is 2000. The van der Waals surface area contributed by atoms with Crippen LogP contribution < -0.4 is 5.56 Å². The van der Waals surface area contributed by atoms with Crippen LogP contribution in [-0.2, 0) is 0 Å². The number of aryl methyl sites for hydroxylation is 2. The minimum Gasteiger partial charge on any atom is -0.274 e. The second-order valence-electron chi connectivity index (χ2n) is 9.56. The van der Waals surface area contributed by atoms with Crippen molar-refractivity contribution >= 4 is 61.3 Å². The number of carbonyl (C=O) groups excluding carboxylic acids is 2. The Morgan fingerprint density at radius 3 is 2.06 bits per heavy atom. The van der Waals surface area contributed by atoms with Crippen LogP contribution in [0.25, 0.3) is 49.5 Å². The molecular weight excluding hydrogens is 454 g/mol. The maximum Gasteiger partial charge on any atom is 0.266 e. The number of unbranched alkanes of at least 4 members (excludes halogenated alkanes) is 1. The Morgan fingerprint density at radius 1 is 0.750 bits per heavy atom. The highest BCUT2D eigenvalue weighted by Crippen LogP contribution is 2.37. The SMILES string of the molecule is CCCCN1C(=O)c2ccc3c(=O)n4c5nc6cc(C)c(C)cc6nc5nc4c4ccc(c2c34)C1=O. The van der Waals surface area contributed by atoms with Gasteiger partial charge in [0.1, 0.15) is 0 Å². The largest absolute Gasteiger partial charge is 0.274 e. The predicted molar refractivity (Wildman–Crippen MR) is 138 cm³/mol. The number of aromatic nitrogens is 4. The first-order chi connectivity index (χ1) is 17.4. The highest BCUT2D eigenvalue weighted by Gasteiger charge is 2.34. The van der Waals surface area contributed by atoms with Crippen molar-refractivity contribution in [3.63, 3.8) is 0 Å². The molecule has 0 radical (unpaired) electrons. The highest BCUT2D eigenvalue weighted by molar-refractivity contribution is 6.31. The molecule has 0 spiro atoms. The van der Waals surface area contributed by atoms with Gasteiger partial charge in [0.25, 0.3) is 17.4 Å². The van der Waals surface area contributed by atoms with Crippen molar-refractivity contribution in [1.29, 1.82) is 0 Å². The molecule has 0 bridgehead atoms. The summed E-state index contributed by atoms with van der Waals surface area (Å²) in [6.45, 7) is 6.42. The first-order valence-corrected chi connectivity index (χ1v) is 12.1. The predicted octanol–water partition coefficient (Wildman–Crippen LogP) is 4.55. The number of benzene rings is 3. The smallest absolute Gasteiger partial charge is 0.266 e. The van der Waals surface area contributed by atoms with Gasteiger partial charge in [-0.15, -0.1) is 0 Å². The van der Waals surface area contributed by atoms with Crippen molar-refractivity contribution in [3.05, 3.63) is 69.0 Å². The van der Waals surface area contributed by atoms with E-state index in [-0.39, 0.29) is 17.4 Å². The summed E-state index contributed by atoms with van der Waals surface area (Å²) in [5.74, 6) is -0.645. The Labute approximate surface area is 204 Å². The molecule has 0 unspecified atom stereocenters. The molecule has 3 aromatic heterocycles. The number of hydrogen-bond donors (Lipinski definition) is 0. The van der Waals surface area contributed by atoms with Crippen molar-refractivity contribution in [2.24, 2.45) is 0 Å². The van der Waals surface area contributed by atoms with Gasteiger partial charge in [-0.1, -0.05) is 13.3 Å². The van der Waals surface area contributed by atoms with E-state index < -0.39 is 0 Å². The van der Waals surface area contributed by atoms with Gasteiger partial charge in [-0.3, -0.25) is 19.3 Å². The van der Waals surface area contributed by atoms with Crippen LogP contribution in [0.15, 0.2) is 41.2 Å². The molecule has 36 heavy (non-hydrogen) atoms. The van der Waals surface area contributed by atoms with Gasteiger partial charge in [-0.25, -0.2) is 19.4 Å². The second kappa shape index (κ2) is 7.04. The lowest BCUT2D eigenvalue weighted by Gasteiger charge is -2.27. The lowest BCUT2D eigenvalue weighted by molar-refractivity contribution is 0.0608. The minimum atomic E-state index is -0.323. The summed E-state index contributed by atoms with van der Waals surface area (Å²) in [7, 11) is 0. The van der Waals surface area contributed by atoms with Crippen molar-refractivity contribution in [2.75, 3.05) is 6.54 Å². The van der Waals surface area contributed by atoms with E-state index in [0.29, 0.717) is 67.2 Å². The summed E-state index contributed by atoms with van der Waals surface area (Å²) in [6, 6.07) is 10.8. The fourth-order valence-electron chi connectivity index (χ4n) is 5.38. The van der Waals surface area contributed by atoms with E-state index in [1.807, 2.05) is 39.0 Å². The van der Waals surface area contributed by atoms with E-state index in [1.165, 1.54) is 9.30 Å². The van der Waals surface area contributed by atoms with Crippen molar-refractivity contribution in [1.82, 2.24) is 24.3 Å². The van der Waals surface area contributed by atoms with E-state index in [9.17, 15) is 14.4 Å². The van der Waals surface area contributed by atoms with E-state index in [2.05, 4.69) is 0 Å². The molecule has 7 rings (SSSR count). The second-order valence-corrected chi connectivity index (χ2v) is 9.56. The van der Waals surface area contributed by atoms with Gasteiger partial charge in [0, 0.05) is 39.2 Å². The minimum absolute atomic E-state index is 0.297. The maximum absolute atomic E-state index is 13.8. The fourth-order valence-corrected chi connectivity index (χ4v) is 5.38. The van der Waals surface area contributed by atoms with Crippen LogP contribution in [0.2, 0.25) is 0 Å². The third-order valence-electron chi connectivity index (χ3n) is 7.40. The maximum atomic E-state index is 13.8. The molecule has 8 heteroatoms. The molecule has 2 amide bonds. The fraction of sp³-hybridized carbons (Fsp3) is 0.214. The van der Waals surface area contributed by atoms with Crippen LogP contribution in [0.1, 0.15) is 51.6 Å². The summed E-state index contributed by atoms with van der Waals surface area (Å²) in [4.78, 5) is 55.9. The van der Waals surface area contributed by atoms with E-state index in [0.717, 1.165) is 24.0 Å². The summed E-state index contributed by atoms with van der Waals surface area (Å²) < 4.78 is 1.50. The number of imide groups is 1. The van der Waals surface area contributed by atoms with Crippen LogP contribution in [0.3, 0.4) is 0 Å². The summed E-state index contributed by atoms with van der Waals surface area (Å²) >= 11 is 0. The van der Waals surface area contributed by atoms with Gasteiger partial charge >= 0.3 is 0 Å². The number of rotatable bonds is 3. The molecule has 0 atom stereocenters. The third-order valence-corrected chi connectivity index (χ3v) is 7.40. The molecule has 3 aromatic carbocycles. The number of amides is 2.